The standard InChI is InChI=1S/C26H31ClN2O5/c1-17(2)15-23(29-25(32)21-10-12-22(27)13-11-21)26(33)34-16-24(31)20-8-6-19(7-9-20)5-4-14-28-18(3)30/h6-13,17,23H,4-5,14-16H2,1-3H3,(H,28,30)(H,29,32). The Labute approximate surface area is 205 Å². The minimum atomic E-state index is -0.873. The average Bonchev–Trinajstić information content (AvgIpc) is 2.80. The summed E-state index contributed by atoms with van der Waals surface area (Å²) in [7, 11) is 0. The van der Waals surface area contributed by atoms with Gasteiger partial charge in [-0.1, -0.05) is 49.7 Å². The summed E-state index contributed by atoms with van der Waals surface area (Å²) in [5.41, 5.74) is 1.85. The van der Waals surface area contributed by atoms with Gasteiger partial charge in [-0.2, -0.15) is 0 Å². The number of benzene rings is 2. The molecule has 0 saturated carbocycles. The van der Waals surface area contributed by atoms with E-state index in [9.17, 15) is 19.2 Å². The Balaban J connectivity index is 1.89. The largest absolute Gasteiger partial charge is 0.456 e. The first-order chi connectivity index (χ1) is 16.2. The lowest BCUT2D eigenvalue weighted by atomic mass is 10.0. The molecule has 182 valence electrons. The molecule has 7 nitrogen and oxygen atoms in total. The monoisotopic (exact) mass is 486 g/mol. The number of hydrogen-bond donors (Lipinski definition) is 2. The Morgan fingerprint density at radius 3 is 2.15 bits per heavy atom. The van der Waals surface area contributed by atoms with Crippen molar-refractivity contribution in [3.8, 4) is 0 Å². The lowest BCUT2D eigenvalue weighted by molar-refractivity contribution is -0.145. The van der Waals surface area contributed by atoms with Crippen molar-refractivity contribution in [3.05, 3.63) is 70.2 Å². The summed E-state index contributed by atoms with van der Waals surface area (Å²) >= 11 is 5.86. The van der Waals surface area contributed by atoms with Crippen LogP contribution in [0.4, 0.5) is 0 Å². The van der Waals surface area contributed by atoms with Crippen LogP contribution in [0.1, 0.15) is 59.9 Å². The highest BCUT2D eigenvalue weighted by Crippen LogP contribution is 2.12. The van der Waals surface area contributed by atoms with Crippen LogP contribution in [0.2, 0.25) is 5.02 Å². The van der Waals surface area contributed by atoms with Gasteiger partial charge in [-0.05, 0) is 55.0 Å². The number of carbonyl (C=O) groups is 4. The fourth-order valence-corrected chi connectivity index (χ4v) is 3.39. The minimum absolute atomic E-state index is 0.0596. The Morgan fingerprint density at radius 2 is 1.56 bits per heavy atom. The first-order valence-electron chi connectivity index (χ1n) is 11.3. The molecule has 2 rings (SSSR count). The molecule has 0 fully saturated rings. The van der Waals surface area contributed by atoms with Crippen molar-refractivity contribution >= 4 is 35.2 Å². The molecule has 0 spiro atoms. The highest BCUT2D eigenvalue weighted by molar-refractivity contribution is 6.30. The molecule has 2 N–H and O–H groups in total. The van der Waals surface area contributed by atoms with Gasteiger partial charge in [-0.3, -0.25) is 14.4 Å². The quantitative estimate of drug-likeness (QED) is 0.268. The van der Waals surface area contributed by atoms with Crippen LogP contribution in [0, 0.1) is 5.92 Å². The number of rotatable bonds is 12. The number of ether oxygens (including phenoxy) is 1. The maximum atomic E-state index is 12.6. The molecule has 2 aromatic carbocycles. The molecule has 8 heteroatoms. The Bertz CT molecular complexity index is 987. The third-order valence-electron chi connectivity index (χ3n) is 5.04. The van der Waals surface area contributed by atoms with Gasteiger partial charge in [0.1, 0.15) is 6.04 Å². The highest BCUT2D eigenvalue weighted by atomic mass is 35.5. The van der Waals surface area contributed by atoms with Gasteiger partial charge in [-0.15, -0.1) is 0 Å². The SMILES string of the molecule is CC(=O)NCCCc1ccc(C(=O)COC(=O)C(CC(C)C)NC(=O)c2ccc(Cl)cc2)cc1. The predicted octanol–water partition coefficient (Wildman–Crippen LogP) is 3.98. The van der Waals surface area contributed by atoms with Crippen molar-refractivity contribution in [1.29, 1.82) is 0 Å². The molecular weight excluding hydrogens is 456 g/mol. The van der Waals surface area contributed by atoms with E-state index in [1.807, 2.05) is 26.0 Å². The number of amides is 2. The second-order valence-corrected chi connectivity index (χ2v) is 8.91. The number of hydrogen-bond acceptors (Lipinski definition) is 5. The summed E-state index contributed by atoms with van der Waals surface area (Å²) in [5.74, 6) is -1.34. The molecule has 0 heterocycles. The first kappa shape index (κ1) is 27.1. The van der Waals surface area contributed by atoms with E-state index >= 15 is 0 Å². The molecule has 1 atom stereocenters. The van der Waals surface area contributed by atoms with E-state index in [4.69, 9.17) is 16.3 Å². The van der Waals surface area contributed by atoms with E-state index in [0.717, 1.165) is 18.4 Å². The van der Waals surface area contributed by atoms with Crippen molar-refractivity contribution in [1.82, 2.24) is 10.6 Å². The van der Waals surface area contributed by atoms with Crippen LogP contribution in [0.5, 0.6) is 0 Å². The van der Waals surface area contributed by atoms with Gasteiger partial charge in [0.15, 0.2) is 12.4 Å². The van der Waals surface area contributed by atoms with Crippen molar-refractivity contribution < 1.29 is 23.9 Å². The molecule has 34 heavy (non-hydrogen) atoms. The lowest BCUT2D eigenvalue weighted by Crippen LogP contribution is -2.43. The van der Waals surface area contributed by atoms with Crippen LogP contribution >= 0.6 is 11.6 Å². The molecule has 0 saturated heterocycles. The smallest absolute Gasteiger partial charge is 0.329 e. The fraction of sp³-hybridized carbons (Fsp3) is 0.385. The fourth-order valence-electron chi connectivity index (χ4n) is 3.26. The molecule has 0 aromatic heterocycles. The first-order valence-corrected chi connectivity index (χ1v) is 11.6. The van der Waals surface area contributed by atoms with Gasteiger partial charge < -0.3 is 15.4 Å². The summed E-state index contributed by atoms with van der Waals surface area (Å²) in [5, 5.41) is 5.94. The number of Topliss-reactive ketones (excluding diaryl/α,β-unsaturated/α-hetero) is 1. The third-order valence-corrected chi connectivity index (χ3v) is 5.29. The number of halogens is 1. The molecule has 2 aromatic rings. The molecule has 0 bridgehead atoms. The second kappa shape index (κ2) is 13.5. The average molecular weight is 487 g/mol. The van der Waals surface area contributed by atoms with Gasteiger partial charge in [-0.25, -0.2) is 4.79 Å². The Kier molecular flexibility index (Phi) is 10.7. The molecule has 0 aliphatic carbocycles. The predicted molar refractivity (Wildman–Crippen MR) is 131 cm³/mol. The Morgan fingerprint density at radius 1 is 0.941 bits per heavy atom. The molecular formula is C26H31ClN2O5. The van der Waals surface area contributed by atoms with Crippen LogP contribution in [0.3, 0.4) is 0 Å². The van der Waals surface area contributed by atoms with Crippen LogP contribution in [-0.4, -0.2) is 42.8 Å². The maximum Gasteiger partial charge on any atom is 0.329 e. The summed E-state index contributed by atoms with van der Waals surface area (Å²) < 4.78 is 5.24. The summed E-state index contributed by atoms with van der Waals surface area (Å²) in [6.45, 7) is 5.52. The van der Waals surface area contributed by atoms with Gasteiger partial charge in [0.2, 0.25) is 5.91 Å². The summed E-state index contributed by atoms with van der Waals surface area (Å²) in [6, 6.07) is 12.5. The number of nitrogens with one attached hydrogen (secondary N) is 2. The van der Waals surface area contributed by atoms with Gasteiger partial charge in [0.05, 0.1) is 0 Å². The van der Waals surface area contributed by atoms with E-state index in [0.29, 0.717) is 29.1 Å². The number of aryl methyl sites for hydroxylation is 1. The zero-order valence-electron chi connectivity index (χ0n) is 19.7. The van der Waals surface area contributed by atoms with E-state index < -0.39 is 24.5 Å². The van der Waals surface area contributed by atoms with Crippen molar-refractivity contribution in [2.24, 2.45) is 5.92 Å². The zero-order valence-corrected chi connectivity index (χ0v) is 20.5. The maximum absolute atomic E-state index is 12.6. The normalized spacial score (nSPS) is 11.6. The molecule has 2 amide bonds. The topological polar surface area (TPSA) is 102 Å². The van der Waals surface area contributed by atoms with Crippen LogP contribution in [0.25, 0.3) is 0 Å². The van der Waals surface area contributed by atoms with Crippen molar-refractivity contribution in [2.45, 2.75) is 46.1 Å². The van der Waals surface area contributed by atoms with E-state index in [1.54, 1.807) is 36.4 Å². The summed E-state index contributed by atoms with van der Waals surface area (Å²) in [4.78, 5) is 48.6. The van der Waals surface area contributed by atoms with Gasteiger partial charge >= 0.3 is 5.97 Å². The number of carbonyl (C=O) groups excluding carboxylic acids is 4. The lowest BCUT2D eigenvalue weighted by Gasteiger charge is -2.19. The van der Waals surface area contributed by atoms with Gasteiger partial charge in [0, 0.05) is 29.6 Å². The second-order valence-electron chi connectivity index (χ2n) is 8.48. The van der Waals surface area contributed by atoms with Crippen molar-refractivity contribution in [3.63, 3.8) is 0 Å². The van der Waals surface area contributed by atoms with Crippen molar-refractivity contribution in [2.75, 3.05) is 13.2 Å². The number of esters is 1. The van der Waals surface area contributed by atoms with Crippen LogP contribution in [0.15, 0.2) is 48.5 Å². The molecule has 0 radical (unpaired) electrons. The van der Waals surface area contributed by atoms with Crippen LogP contribution in [-0.2, 0) is 20.7 Å². The van der Waals surface area contributed by atoms with Gasteiger partial charge in [0.25, 0.3) is 5.91 Å². The van der Waals surface area contributed by atoms with Crippen LogP contribution < -0.4 is 10.6 Å². The Hall–Kier alpha value is -3.19. The van der Waals surface area contributed by atoms with E-state index in [2.05, 4.69) is 10.6 Å². The zero-order chi connectivity index (χ0) is 25.1. The van der Waals surface area contributed by atoms with E-state index in [-0.39, 0.29) is 17.6 Å². The minimum Gasteiger partial charge on any atom is -0.456 e. The number of ketones is 1. The molecule has 0 aliphatic rings. The third kappa shape index (κ3) is 9.35. The molecule has 0 aliphatic heterocycles. The highest BCUT2D eigenvalue weighted by Gasteiger charge is 2.25. The van der Waals surface area contributed by atoms with E-state index in [1.165, 1.54) is 6.92 Å². The summed E-state index contributed by atoms with van der Waals surface area (Å²) in [6.07, 6.45) is 1.94. The molecule has 1 unspecified atom stereocenters.